The van der Waals surface area contributed by atoms with Gasteiger partial charge in [-0.1, -0.05) is 0 Å². The third-order valence-electron chi connectivity index (χ3n) is 1.81. The highest BCUT2D eigenvalue weighted by Crippen LogP contribution is 2.49. The molecule has 2 heteroatoms. The number of hydrogen-bond acceptors (Lipinski definition) is 2. The molecular weight excluding hydrogens is 120 g/mol. The summed E-state index contributed by atoms with van der Waals surface area (Å²) >= 11 is 1.90. The fourth-order valence-electron chi connectivity index (χ4n) is 0.899. The second-order valence-electron chi connectivity index (χ2n) is 2.36. The van der Waals surface area contributed by atoms with E-state index in [4.69, 9.17) is 5.11 Å². The summed E-state index contributed by atoms with van der Waals surface area (Å²) in [5.41, 5.74) is 0. The highest BCUT2D eigenvalue weighted by Gasteiger charge is 2.40. The molecule has 0 heterocycles. The summed E-state index contributed by atoms with van der Waals surface area (Å²) in [6, 6.07) is 0. The van der Waals surface area contributed by atoms with Crippen molar-refractivity contribution in [1.29, 1.82) is 0 Å². The molecule has 48 valence electrons. The lowest BCUT2D eigenvalue weighted by molar-refractivity contribution is 0.285. The number of aliphatic hydroxyl groups excluding tert-OH is 1. The van der Waals surface area contributed by atoms with Gasteiger partial charge in [0.2, 0.25) is 0 Å². The standard InChI is InChI=1S/C6H12OS/c1-8-6(2-3-6)4-5-7/h7H,2-5H2,1H3. The molecule has 1 saturated carbocycles. The third-order valence-corrected chi connectivity index (χ3v) is 3.29. The van der Waals surface area contributed by atoms with Gasteiger partial charge in [0, 0.05) is 11.4 Å². The van der Waals surface area contributed by atoms with Gasteiger partial charge in [-0.15, -0.1) is 0 Å². The average molecular weight is 132 g/mol. The van der Waals surface area contributed by atoms with Crippen LogP contribution in [0.25, 0.3) is 0 Å². The van der Waals surface area contributed by atoms with Crippen molar-refractivity contribution in [2.45, 2.75) is 24.0 Å². The molecule has 1 fully saturated rings. The topological polar surface area (TPSA) is 20.2 Å². The van der Waals surface area contributed by atoms with Gasteiger partial charge in [0.15, 0.2) is 0 Å². The van der Waals surface area contributed by atoms with Crippen LogP contribution >= 0.6 is 11.8 Å². The monoisotopic (exact) mass is 132 g/mol. The minimum atomic E-state index is 0.362. The number of hydrogen-bond donors (Lipinski definition) is 1. The van der Waals surface area contributed by atoms with E-state index in [1.54, 1.807) is 0 Å². The van der Waals surface area contributed by atoms with Crippen LogP contribution in [-0.4, -0.2) is 22.7 Å². The maximum absolute atomic E-state index is 8.56. The molecule has 0 unspecified atom stereocenters. The van der Waals surface area contributed by atoms with E-state index in [1.807, 2.05) is 11.8 Å². The first kappa shape index (κ1) is 6.43. The molecule has 8 heavy (non-hydrogen) atoms. The van der Waals surface area contributed by atoms with Crippen LogP contribution in [0.4, 0.5) is 0 Å². The molecule has 0 radical (unpaired) electrons. The predicted octanol–water partition coefficient (Wildman–Crippen LogP) is 1.26. The lowest BCUT2D eigenvalue weighted by atomic mass is 10.3. The zero-order valence-electron chi connectivity index (χ0n) is 5.18. The second-order valence-corrected chi connectivity index (χ2v) is 3.64. The van der Waals surface area contributed by atoms with E-state index in [0.29, 0.717) is 11.4 Å². The molecule has 1 rings (SSSR count). The van der Waals surface area contributed by atoms with Gasteiger partial charge in [-0.05, 0) is 25.5 Å². The molecule has 0 aliphatic heterocycles. The Kier molecular flexibility index (Phi) is 1.83. The molecular formula is C6H12OS. The zero-order chi connectivity index (χ0) is 6.04. The average Bonchev–Trinajstić information content (AvgIpc) is 2.50. The molecule has 0 atom stereocenters. The van der Waals surface area contributed by atoms with Gasteiger partial charge in [0.05, 0.1) is 0 Å². The smallest absolute Gasteiger partial charge is 0.0444 e. The minimum absolute atomic E-state index is 0.362. The van der Waals surface area contributed by atoms with E-state index < -0.39 is 0 Å². The van der Waals surface area contributed by atoms with E-state index in [1.165, 1.54) is 12.8 Å². The largest absolute Gasteiger partial charge is 0.396 e. The normalized spacial score (nSPS) is 23.2. The zero-order valence-corrected chi connectivity index (χ0v) is 6.00. The summed E-state index contributed by atoms with van der Waals surface area (Å²) in [7, 11) is 0. The van der Waals surface area contributed by atoms with Crippen molar-refractivity contribution < 1.29 is 5.11 Å². The molecule has 0 bridgehead atoms. The number of thioether (sulfide) groups is 1. The third kappa shape index (κ3) is 1.17. The molecule has 0 aromatic rings. The SMILES string of the molecule is CSC1(CCO)CC1. The predicted molar refractivity (Wildman–Crippen MR) is 37.2 cm³/mol. The Hall–Kier alpha value is 0.310. The molecule has 0 saturated heterocycles. The Morgan fingerprint density at radius 1 is 1.62 bits per heavy atom. The number of aliphatic hydroxyl groups is 1. The van der Waals surface area contributed by atoms with E-state index in [-0.39, 0.29) is 0 Å². The summed E-state index contributed by atoms with van der Waals surface area (Å²) in [6.45, 7) is 0.362. The van der Waals surface area contributed by atoms with Gasteiger partial charge in [-0.2, -0.15) is 11.8 Å². The van der Waals surface area contributed by atoms with Crippen LogP contribution in [-0.2, 0) is 0 Å². The first-order valence-electron chi connectivity index (χ1n) is 2.99. The highest BCUT2D eigenvalue weighted by molar-refractivity contribution is 8.00. The van der Waals surface area contributed by atoms with E-state index >= 15 is 0 Å². The second kappa shape index (κ2) is 2.28. The van der Waals surface area contributed by atoms with Gasteiger partial charge in [0.25, 0.3) is 0 Å². The Labute approximate surface area is 54.5 Å². The van der Waals surface area contributed by atoms with Crippen LogP contribution < -0.4 is 0 Å². The molecule has 1 aliphatic rings. The Bertz CT molecular complexity index is 78.6. The van der Waals surface area contributed by atoms with E-state index in [0.717, 1.165) is 6.42 Å². The van der Waals surface area contributed by atoms with Crippen LogP contribution in [0.2, 0.25) is 0 Å². The fourth-order valence-corrected chi connectivity index (χ4v) is 1.71. The van der Waals surface area contributed by atoms with Crippen LogP contribution in [0, 0.1) is 0 Å². The highest BCUT2D eigenvalue weighted by atomic mass is 32.2. The van der Waals surface area contributed by atoms with Crippen LogP contribution in [0.3, 0.4) is 0 Å². The van der Waals surface area contributed by atoms with Crippen LogP contribution in [0.5, 0.6) is 0 Å². The Balaban J connectivity index is 2.20. The van der Waals surface area contributed by atoms with Crippen molar-refractivity contribution in [1.82, 2.24) is 0 Å². The van der Waals surface area contributed by atoms with Crippen molar-refractivity contribution in [2.75, 3.05) is 12.9 Å². The molecule has 0 amide bonds. The van der Waals surface area contributed by atoms with E-state index in [2.05, 4.69) is 6.26 Å². The van der Waals surface area contributed by atoms with Crippen molar-refractivity contribution in [3.05, 3.63) is 0 Å². The molecule has 0 aromatic carbocycles. The quantitative estimate of drug-likeness (QED) is 0.624. The Morgan fingerprint density at radius 3 is 2.38 bits per heavy atom. The molecule has 1 nitrogen and oxygen atoms in total. The first-order valence-corrected chi connectivity index (χ1v) is 4.21. The van der Waals surface area contributed by atoms with Gasteiger partial charge in [-0.3, -0.25) is 0 Å². The van der Waals surface area contributed by atoms with Crippen molar-refractivity contribution >= 4 is 11.8 Å². The first-order chi connectivity index (χ1) is 3.83. The fraction of sp³-hybridized carbons (Fsp3) is 1.00. The van der Waals surface area contributed by atoms with Gasteiger partial charge in [0.1, 0.15) is 0 Å². The molecule has 0 aromatic heterocycles. The maximum atomic E-state index is 8.56. The van der Waals surface area contributed by atoms with Crippen LogP contribution in [0.15, 0.2) is 0 Å². The van der Waals surface area contributed by atoms with Crippen molar-refractivity contribution in [3.8, 4) is 0 Å². The minimum Gasteiger partial charge on any atom is -0.396 e. The van der Waals surface area contributed by atoms with E-state index in [9.17, 15) is 0 Å². The molecule has 1 aliphatic carbocycles. The summed E-state index contributed by atoms with van der Waals surface area (Å²) < 4.78 is 0.509. The van der Waals surface area contributed by atoms with Crippen molar-refractivity contribution in [2.24, 2.45) is 0 Å². The van der Waals surface area contributed by atoms with Gasteiger partial charge < -0.3 is 5.11 Å². The van der Waals surface area contributed by atoms with Gasteiger partial charge in [-0.25, -0.2) is 0 Å². The maximum Gasteiger partial charge on any atom is 0.0444 e. The van der Waals surface area contributed by atoms with Crippen molar-refractivity contribution in [3.63, 3.8) is 0 Å². The number of rotatable bonds is 3. The summed E-state index contributed by atoms with van der Waals surface area (Å²) in [5, 5.41) is 8.56. The lowest BCUT2D eigenvalue weighted by Gasteiger charge is -2.07. The molecule has 0 spiro atoms. The van der Waals surface area contributed by atoms with Gasteiger partial charge >= 0.3 is 0 Å². The summed E-state index contributed by atoms with van der Waals surface area (Å²) in [4.78, 5) is 0. The lowest BCUT2D eigenvalue weighted by Crippen LogP contribution is -2.03. The summed E-state index contributed by atoms with van der Waals surface area (Å²) in [6.07, 6.45) is 5.75. The molecule has 1 N–H and O–H groups in total. The summed E-state index contributed by atoms with van der Waals surface area (Å²) in [5.74, 6) is 0. The van der Waals surface area contributed by atoms with Crippen LogP contribution in [0.1, 0.15) is 19.3 Å². The Morgan fingerprint density at radius 2 is 2.25 bits per heavy atom.